The monoisotopic (exact) mass is 395 g/mol. The second-order valence-corrected chi connectivity index (χ2v) is 9.19. The number of thiol groups is 1. The zero-order valence-electron chi connectivity index (χ0n) is 16.2. The standard InChI is InChI=1S/C20H30FN3O2S/c1-24(2)17(15-25)7-3-4-9-19-22-12-13-27(19)18-8-5-6-16(14-18)20(26)23-11-10-21/h5-6,8,14-15,17,27H,3-4,7,9-13H2,1-2H3,(H,23,26). The normalized spacial score (nSPS) is 19.0. The molecule has 0 aliphatic carbocycles. The van der Waals surface area contributed by atoms with Gasteiger partial charge in [-0.2, -0.15) is 10.9 Å². The van der Waals surface area contributed by atoms with E-state index in [1.54, 1.807) is 6.07 Å². The third-order valence-corrected chi connectivity index (χ3v) is 7.24. The van der Waals surface area contributed by atoms with Gasteiger partial charge >= 0.3 is 0 Å². The predicted molar refractivity (Wildman–Crippen MR) is 111 cm³/mol. The third kappa shape index (κ3) is 6.43. The third-order valence-electron chi connectivity index (χ3n) is 4.70. The fraction of sp³-hybridized carbons (Fsp3) is 0.550. The number of likely N-dealkylation sites (N-methyl/N-ethyl adjacent to an activating group) is 1. The largest absolute Gasteiger partial charge is 0.349 e. The van der Waals surface area contributed by atoms with Gasteiger partial charge in [0.1, 0.15) is 13.0 Å². The Balaban J connectivity index is 1.92. The Labute approximate surface area is 163 Å². The van der Waals surface area contributed by atoms with Crippen molar-refractivity contribution in [3.63, 3.8) is 0 Å². The molecule has 0 aromatic heterocycles. The summed E-state index contributed by atoms with van der Waals surface area (Å²) in [5, 5.41) is 3.82. The van der Waals surface area contributed by atoms with Gasteiger partial charge in [0.05, 0.1) is 11.1 Å². The molecule has 0 saturated heterocycles. The molecule has 150 valence electrons. The number of hydrogen-bond acceptors (Lipinski definition) is 4. The fourth-order valence-electron chi connectivity index (χ4n) is 3.15. The molecule has 1 aromatic carbocycles. The van der Waals surface area contributed by atoms with Gasteiger partial charge in [0.25, 0.3) is 5.91 Å². The summed E-state index contributed by atoms with van der Waals surface area (Å²) in [6.07, 6.45) is 4.84. The lowest BCUT2D eigenvalue weighted by Gasteiger charge is -2.20. The molecule has 1 aliphatic heterocycles. The molecule has 1 N–H and O–H groups in total. The first-order valence-electron chi connectivity index (χ1n) is 9.43. The van der Waals surface area contributed by atoms with Crippen LogP contribution >= 0.6 is 10.9 Å². The van der Waals surface area contributed by atoms with Crippen LogP contribution in [-0.2, 0) is 4.79 Å². The van der Waals surface area contributed by atoms with Crippen molar-refractivity contribution in [3.8, 4) is 0 Å². The summed E-state index contributed by atoms with van der Waals surface area (Å²) in [5.41, 5.74) is 0.578. The maximum absolute atomic E-state index is 12.3. The Morgan fingerprint density at radius 3 is 2.93 bits per heavy atom. The SMILES string of the molecule is CN(C)C(C=O)CCCCC1=NCC[SH]1c1cccc(C(=O)NCCF)c1. The molecule has 7 heteroatoms. The van der Waals surface area contributed by atoms with E-state index in [0.29, 0.717) is 5.56 Å². The highest BCUT2D eigenvalue weighted by Crippen LogP contribution is 2.42. The zero-order valence-corrected chi connectivity index (χ0v) is 17.1. The van der Waals surface area contributed by atoms with Crippen LogP contribution in [0.15, 0.2) is 34.2 Å². The van der Waals surface area contributed by atoms with E-state index in [9.17, 15) is 14.0 Å². The minimum atomic E-state index is -0.562. The van der Waals surface area contributed by atoms with Crippen LogP contribution in [0.2, 0.25) is 0 Å². The maximum atomic E-state index is 12.3. The predicted octanol–water partition coefficient (Wildman–Crippen LogP) is 2.85. The van der Waals surface area contributed by atoms with E-state index < -0.39 is 17.6 Å². The number of halogens is 1. The number of aldehydes is 1. The summed E-state index contributed by atoms with van der Waals surface area (Å²) in [5.74, 6) is 0.792. The topological polar surface area (TPSA) is 61.8 Å². The second-order valence-electron chi connectivity index (χ2n) is 6.86. The summed E-state index contributed by atoms with van der Waals surface area (Å²) in [7, 11) is 3.36. The summed E-state index contributed by atoms with van der Waals surface area (Å²) >= 11 is 0. The minimum absolute atomic E-state index is 0.0171. The van der Waals surface area contributed by atoms with Crippen LogP contribution in [0.3, 0.4) is 0 Å². The van der Waals surface area contributed by atoms with Gasteiger partial charge in [-0.1, -0.05) is 12.5 Å². The minimum Gasteiger partial charge on any atom is -0.349 e. The average Bonchev–Trinajstić information content (AvgIpc) is 3.14. The van der Waals surface area contributed by atoms with Crippen LogP contribution in [-0.4, -0.2) is 67.8 Å². The number of benzene rings is 1. The van der Waals surface area contributed by atoms with E-state index in [2.05, 4.69) is 11.4 Å². The molecule has 0 bridgehead atoms. The first-order valence-corrected chi connectivity index (χ1v) is 11.0. The maximum Gasteiger partial charge on any atom is 0.251 e. The van der Waals surface area contributed by atoms with Crippen molar-refractivity contribution in [1.82, 2.24) is 10.2 Å². The number of alkyl halides is 1. The molecule has 1 amide bonds. The molecule has 0 radical (unpaired) electrons. The Kier molecular flexibility index (Phi) is 8.94. The van der Waals surface area contributed by atoms with Crippen LogP contribution < -0.4 is 5.32 Å². The van der Waals surface area contributed by atoms with Gasteiger partial charge in [-0.05, 0) is 56.5 Å². The van der Waals surface area contributed by atoms with Gasteiger partial charge in [-0.25, -0.2) is 4.39 Å². The summed E-state index contributed by atoms with van der Waals surface area (Å²) in [6.45, 7) is 0.320. The summed E-state index contributed by atoms with van der Waals surface area (Å²) in [6, 6.07) is 7.63. The number of carbonyl (C=O) groups is 2. The number of amides is 1. The number of unbranched alkanes of at least 4 members (excludes halogenated alkanes) is 1. The van der Waals surface area contributed by atoms with E-state index in [0.717, 1.165) is 49.2 Å². The molecular formula is C20H30FN3O2S. The van der Waals surface area contributed by atoms with Gasteiger partial charge in [-0.15, -0.1) is 0 Å². The molecule has 2 rings (SSSR count). The molecule has 0 fully saturated rings. The Morgan fingerprint density at radius 2 is 2.22 bits per heavy atom. The Morgan fingerprint density at radius 1 is 1.41 bits per heavy atom. The highest BCUT2D eigenvalue weighted by Gasteiger charge is 2.20. The molecule has 1 aliphatic rings. The van der Waals surface area contributed by atoms with Crippen molar-refractivity contribution in [2.75, 3.05) is 39.6 Å². The first-order chi connectivity index (χ1) is 13.1. The van der Waals surface area contributed by atoms with Gasteiger partial charge < -0.3 is 15.0 Å². The molecule has 1 heterocycles. The van der Waals surface area contributed by atoms with Crippen molar-refractivity contribution in [1.29, 1.82) is 0 Å². The number of hydrogen-bond donors (Lipinski definition) is 2. The van der Waals surface area contributed by atoms with Crippen LogP contribution in [0.4, 0.5) is 4.39 Å². The summed E-state index contributed by atoms with van der Waals surface area (Å²) in [4.78, 5) is 31.0. The number of rotatable bonds is 11. The molecule has 0 spiro atoms. The molecular weight excluding hydrogens is 365 g/mol. The van der Waals surface area contributed by atoms with Crippen LogP contribution in [0.5, 0.6) is 0 Å². The van der Waals surface area contributed by atoms with E-state index in [1.807, 2.05) is 31.1 Å². The van der Waals surface area contributed by atoms with Crippen molar-refractivity contribution < 1.29 is 14.0 Å². The molecule has 0 saturated carbocycles. The first kappa shape index (κ1) is 21.6. The quantitative estimate of drug-likeness (QED) is 0.344. The van der Waals surface area contributed by atoms with Gasteiger partial charge in [0.2, 0.25) is 0 Å². The van der Waals surface area contributed by atoms with Gasteiger partial charge in [0, 0.05) is 24.4 Å². The zero-order chi connectivity index (χ0) is 19.6. The average molecular weight is 396 g/mol. The van der Waals surface area contributed by atoms with Crippen molar-refractivity contribution in [3.05, 3.63) is 29.8 Å². The highest BCUT2D eigenvalue weighted by molar-refractivity contribution is 8.30. The molecule has 2 unspecified atom stereocenters. The van der Waals surface area contributed by atoms with E-state index in [1.165, 1.54) is 5.04 Å². The summed E-state index contributed by atoms with van der Waals surface area (Å²) < 4.78 is 12.3. The lowest BCUT2D eigenvalue weighted by molar-refractivity contribution is -0.111. The highest BCUT2D eigenvalue weighted by atomic mass is 32.2. The number of aliphatic imine (C=N–C) groups is 1. The number of nitrogens with zero attached hydrogens (tertiary/aromatic N) is 2. The van der Waals surface area contributed by atoms with Crippen molar-refractivity contribution in [2.45, 2.75) is 36.6 Å². The van der Waals surface area contributed by atoms with E-state index in [4.69, 9.17) is 4.99 Å². The lowest BCUT2D eigenvalue weighted by Crippen LogP contribution is -2.29. The van der Waals surface area contributed by atoms with E-state index in [-0.39, 0.29) is 18.5 Å². The van der Waals surface area contributed by atoms with Crippen molar-refractivity contribution >= 4 is 28.1 Å². The molecule has 27 heavy (non-hydrogen) atoms. The fourth-order valence-corrected chi connectivity index (χ4v) is 5.52. The van der Waals surface area contributed by atoms with Crippen LogP contribution in [0.1, 0.15) is 36.0 Å². The van der Waals surface area contributed by atoms with Gasteiger partial charge in [0.15, 0.2) is 0 Å². The van der Waals surface area contributed by atoms with Crippen molar-refractivity contribution in [2.24, 2.45) is 4.99 Å². The molecule has 5 nitrogen and oxygen atoms in total. The van der Waals surface area contributed by atoms with Gasteiger partial charge in [-0.3, -0.25) is 9.79 Å². The smallest absolute Gasteiger partial charge is 0.251 e. The number of nitrogens with one attached hydrogen (secondary N) is 1. The lowest BCUT2D eigenvalue weighted by atomic mass is 10.1. The Hall–Kier alpha value is -1.73. The molecule has 2 atom stereocenters. The number of carbonyl (C=O) groups excluding carboxylic acids is 2. The Bertz CT molecular complexity index is 666. The second kappa shape index (κ2) is 11.2. The molecule has 1 aromatic rings. The van der Waals surface area contributed by atoms with E-state index >= 15 is 0 Å². The van der Waals surface area contributed by atoms with Crippen LogP contribution in [0, 0.1) is 0 Å². The van der Waals surface area contributed by atoms with Crippen LogP contribution in [0.25, 0.3) is 0 Å².